The topological polar surface area (TPSA) is 91.8 Å². The largest absolute Gasteiger partial charge is 0.327 e. The molecule has 0 radical (unpaired) electrons. The summed E-state index contributed by atoms with van der Waals surface area (Å²) in [4.78, 5) is 42.8. The minimum Gasteiger partial charge on any atom is -0.327 e. The van der Waals surface area contributed by atoms with E-state index in [4.69, 9.17) is 0 Å². The highest BCUT2D eigenvalue weighted by Gasteiger charge is 2.31. The maximum absolute atomic E-state index is 13.0. The van der Waals surface area contributed by atoms with Gasteiger partial charge in [0.1, 0.15) is 11.5 Å². The molecule has 138 valence electrons. The first-order chi connectivity index (χ1) is 13.1. The van der Waals surface area contributed by atoms with Crippen LogP contribution in [0.3, 0.4) is 0 Å². The molecule has 1 unspecified atom stereocenters. The summed E-state index contributed by atoms with van der Waals surface area (Å²) in [5.74, 6) is 0.340. The van der Waals surface area contributed by atoms with E-state index in [1.807, 2.05) is 23.8 Å². The molecular weight excluding hydrogens is 362 g/mol. The van der Waals surface area contributed by atoms with Gasteiger partial charge in [0.25, 0.3) is 11.5 Å². The first-order valence-corrected chi connectivity index (χ1v) is 9.79. The van der Waals surface area contributed by atoms with Crippen molar-refractivity contribution in [1.82, 2.24) is 24.8 Å². The lowest BCUT2D eigenvalue weighted by Gasteiger charge is -2.34. The van der Waals surface area contributed by atoms with E-state index in [1.54, 1.807) is 22.4 Å². The van der Waals surface area contributed by atoms with Crippen LogP contribution in [-0.4, -0.2) is 37.3 Å². The van der Waals surface area contributed by atoms with Crippen molar-refractivity contribution in [2.45, 2.75) is 32.2 Å². The fourth-order valence-electron chi connectivity index (χ4n) is 3.30. The van der Waals surface area contributed by atoms with E-state index >= 15 is 0 Å². The molecule has 3 aromatic heterocycles. The van der Waals surface area contributed by atoms with Crippen LogP contribution < -0.4 is 5.56 Å². The van der Waals surface area contributed by atoms with Gasteiger partial charge in [-0.2, -0.15) is 11.3 Å². The second-order valence-electron chi connectivity index (χ2n) is 6.58. The van der Waals surface area contributed by atoms with Gasteiger partial charge in [0.2, 0.25) is 0 Å². The zero-order chi connectivity index (χ0) is 18.8. The number of likely N-dealkylation sites (tertiary alicyclic amines) is 1. The van der Waals surface area contributed by atoms with Crippen LogP contribution in [0.5, 0.6) is 0 Å². The number of piperidine rings is 1. The fourth-order valence-corrected chi connectivity index (χ4v) is 3.95. The number of hydrogen-bond donors (Lipinski definition) is 1. The third-order valence-corrected chi connectivity index (χ3v) is 5.34. The summed E-state index contributed by atoms with van der Waals surface area (Å²) >= 11 is 1.55. The number of aryl methyl sites for hydroxylation is 1. The van der Waals surface area contributed by atoms with Gasteiger partial charge in [0.15, 0.2) is 0 Å². The average Bonchev–Trinajstić information content (AvgIpc) is 3.22. The third-order valence-electron chi connectivity index (χ3n) is 4.66. The molecule has 1 N–H and O–H groups in total. The number of hydrogen-bond acceptors (Lipinski definition) is 6. The molecule has 1 atom stereocenters. The van der Waals surface area contributed by atoms with Crippen LogP contribution in [0.15, 0.2) is 40.1 Å². The van der Waals surface area contributed by atoms with Crippen molar-refractivity contribution in [1.29, 1.82) is 0 Å². The molecule has 8 heteroatoms. The predicted molar refractivity (Wildman–Crippen MR) is 103 cm³/mol. The summed E-state index contributed by atoms with van der Waals surface area (Å²) in [6.45, 7) is 2.43. The molecule has 7 nitrogen and oxygen atoms in total. The lowest BCUT2D eigenvalue weighted by atomic mass is 10.0. The average molecular weight is 381 g/mol. The van der Waals surface area contributed by atoms with Gasteiger partial charge < -0.3 is 9.88 Å². The van der Waals surface area contributed by atoms with Crippen LogP contribution in [-0.2, 0) is 0 Å². The van der Waals surface area contributed by atoms with Crippen molar-refractivity contribution >= 4 is 17.2 Å². The Morgan fingerprint density at radius 2 is 2.19 bits per heavy atom. The first-order valence-electron chi connectivity index (χ1n) is 8.85. The maximum atomic E-state index is 13.0. The lowest BCUT2D eigenvalue weighted by molar-refractivity contribution is 0.0593. The smallest absolute Gasteiger partial charge is 0.274 e. The van der Waals surface area contributed by atoms with Crippen LogP contribution in [0.1, 0.15) is 47.3 Å². The summed E-state index contributed by atoms with van der Waals surface area (Å²) < 4.78 is 0. The molecule has 1 saturated heterocycles. The Hall–Kier alpha value is -2.87. The lowest BCUT2D eigenvalue weighted by Crippen LogP contribution is -2.40. The minimum absolute atomic E-state index is 0.184. The number of nitrogens with zero attached hydrogens (tertiary/aromatic N) is 4. The number of carbonyl (C=O) groups is 1. The van der Waals surface area contributed by atoms with Crippen LogP contribution in [0.25, 0.3) is 11.3 Å². The number of thiophene rings is 1. The molecule has 0 spiro atoms. The van der Waals surface area contributed by atoms with Crippen LogP contribution in [0.2, 0.25) is 0 Å². The molecule has 0 bridgehead atoms. The van der Waals surface area contributed by atoms with E-state index in [0.29, 0.717) is 23.8 Å². The van der Waals surface area contributed by atoms with Gasteiger partial charge in [-0.3, -0.25) is 14.6 Å². The quantitative estimate of drug-likeness (QED) is 0.753. The summed E-state index contributed by atoms with van der Waals surface area (Å²) in [6.07, 6.45) is 5.72. The molecule has 0 saturated carbocycles. The molecule has 4 rings (SSSR count). The highest BCUT2D eigenvalue weighted by atomic mass is 32.1. The third kappa shape index (κ3) is 3.66. The van der Waals surface area contributed by atoms with E-state index in [2.05, 4.69) is 19.9 Å². The monoisotopic (exact) mass is 381 g/mol. The SMILES string of the molecule is Cc1cnc(C(=O)N2CCCCC2c2nc(-c3ccsc3)cc(=O)[nH]2)cn1. The number of carbonyl (C=O) groups excluding carboxylic acids is 1. The number of aromatic amines is 1. The molecule has 1 fully saturated rings. The van der Waals surface area contributed by atoms with Crippen LogP contribution >= 0.6 is 11.3 Å². The molecule has 4 heterocycles. The van der Waals surface area contributed by atoms with E-state index in [0.717, 1.165) is 30.5 Å². The Bertz CT molecular complexity index is 998. The molecule has 3 aromatic rings. The van der Waals surface area contributed by atoms with E-state index < -0.39 is 0 Å². The second kappa shape index (κ2) is 7.40. The number of rotatable bonds is 3. The summed E-state index contributed by atoms with van der Waals surface area (Å²) in [5.41, 5.74) is 2.39. The summed E-state index contributed by atoms with van der Waals surface area (Å²) in [6, 6.07) is 3.15. The van der Waals surface area contributed by atoms with E-state index in [9.17, 15) is 9.59 Å². The Morgan fingerprint density at radius 3 is 2.93 bits per heavy atom. The van der Waals surface area contributed by atoms with Gasteiger partial charge in [-0.1, -0.05) is 0 Å². The maximum Gasteiger partial charge on any atom is 0.274 e. The van der Waals surface area contributed by atoms with Gasteiger partial charge in [-0.05, 0) is 37.6 Å². The summed E-state index contributed by atoms with van der Waals surface area (Å²) in [7, 11) is 0. The number of H-pyrrole nitrogens is 1. The van der Waals surface area contributed by atoms with Gasteiger partial charge in [0.05, 0.1) is 23.6 Å². The molecular formula is C19H19N5O2S. The molecule has 1 amide bonds. The zero-order valence-electron chi connectivity index (χ0n) is 14.9. The minimum atomic E-state index is -0.277. The van der Waals surface area contributed by atoms with Gasteiger partial charge in [-0.15, -0.1) is 0 Å². The van der Waals surface area contributed by atoms with E-state index in [1.165, 1.54) is 12.3 Å². The van der Waals surface area contributed by atoms with Gasteiger partial charge >= 0.3 is 0 Å². The van der Waals surface area contributed by atoms with Crippen LogP contribution in [0.4, 0.5) is 0 Å². The van der Waals surface area contributed by atoms with Gasteiger partial charge in [-0.25, -0.2) is 9.97 Å². The Morgan fingerprint density at radius 1 is 1.30 bits per heavy atom. The van der Waals surface area contributed by atoms with Crippen molar-refractivity contribution in [3.8, 4) is 11.3 Å². The Kier molecular flexibility index (Phi) is 4.81. The van der Waals surface area contributed by atoms with Crippen molar-refractivity contribution < 1.29 is 4.79 Å². The Balaban J connectivity index is 1.69. The molecule has 0 aromatic carbocycles. The highest BCUT2D eigenvalue weighted by molar-refractivity contribution is 7.08. The van der Waals surface area contributed by atoms with Crippen LogP contribution in [0, 0.1) is 6.92 Å². The summed E-state index contributed by atoms with van der Waals surface area (Å²) in [5, 5.41) is 3.90. The number of amides is 1. The van der Waals surface area contributed by atoms with E-state index in [-0.39, 0.29) is 17.5 Å². The number of aromatic nitrogens is 4. The standard InChI is InChI=1S/C19H19N5O2S/c1-12-9-21-15(10-20-12)19(26)24-6-3-2-4-16(24)18-22-14(8-17(25)23-18)13-5-7-27-11-13/h5,7-11,16H,2-4,6H2,1H3,(H,22,23,25). The van der Waals surface area contributed by atoms with Crippen molar-refractivity contribution in [3.63, 3.8) is 0 Å². The number of nitrogens with one attached hydrogen (secondary N) is 1. The van der Waals surface area contributed by atoms with Crippen molar-refractivity contribution in [3.05, 3.63) is 62.9 Å². The van der Waals surface area contributed by atoms with Crippen molar-refractivity contribution in [2.24, 2.45) is 0 Å². The normalized spacial score (nSPS) is 17.1. The fraction of sp³-hybridized carbons (Fsp3) is 0.316. The first kappa shape index (κ1) is 17.5. The molecule has 1 aliphatic heterocycles. The molecule has 27 heavy (non-hydrogen) atoms. The molecule has 1 aliphatic rings. The zero-order valence-corrected chi connectivity index (χ0v) is 15.7. The predicted octanol–water partition coefficient (Wildman–Crippen LogP) is 2.96. The molecule has 0 aliphatic carbocycles. The highest BCUT2D eigenvalue weighted by Crippen LogP contribution is 2.30. The van der Waals surface area contributed by atoms with Crippen molar-refractivity contribution in [2.75, 3.05) is 6.54 Å². The van der Waals surface area contributed by atoms with Gasteiger partial charge in [0, 0.05) is 29.8 Å². The second-order valence-corrected chi connectivity index (χ2v) is 7.36. The Labute approximate surface area is 160 Å².